The molecule has 0 saturated heterocycles. The molecule has 0 unspecified atom stereocenters. The summed E-state index contributed by atoms with van der Waals surface area (Å²) in [7, 11) is 0. The fourth-order valence-corrected chi connectivity index (χ4v) is 2.53. The summed E-state index contributed by atoms with van der Waals surface area (Å²) in [6.07, 6.45) is 0. The molecule has 2 rings (SSSR count). The van der Waals surface area contributed by atoms with Gasteiger partial charge in [0.25, 0.3) is 5.56 Å². The predicted octanol–water partition coefficient (Wildman–Crippen LogP) is 1.80. The molecule has 0 aliphatic rings. The smallest absolute Gasteiger partial charge is 0.258 e. The van der Waals surface area contributed by atoms with Crippen molar-refractivity contribution in [3.05, 3.63) is 40.4 Å². The molecule has 0 spiro atoms. The molecule has 0 radical (unpaired) electrons. The molecule has 2 aromatic rings. The summed E-state index contributed by atoms with van der Waals surface area (Å²) >= 11 is 0. The predicted molar refractivity (Wildman–Crippen MR) is 100 cm³/mol. The Bertz CT molecular complexity index is 883. The first-order valence-corrected chi connectivity index (χ1v) is 8.71. The third-order valence-electron chi connectivity index (χ3n) is 4.64. The van der Waals surface area contributed by atoms with Gasteiger partial charge in [-0.05, 0) is 31.5 Å². The van der Waals surface area contributed by atoms with Crippen LogP contribution in [0, 0.1) is 17.2 Å². The molecule has 2 N–H and O–H groups in total. The summed E-state index contributed by atoms with van der Waals surface area (Å²) < 4.78 is 0. The van der Waals surface area contributed by atoms with Crippen LogP contribution in [0.2, 0.25) is 0 Å². The van der Waals surface area contributed by atoms with Crippen LogP contribution in [0.5, 0.6) is 0 Å². The number of hydrogen-bond donors (Lipinski definition) is 2. The van der Waals surface area contributed by atoms with Gasteiger partial charge in [-0.1, -0.05) is 32.9 Å². The zero-order valence-electron chi connectivity index (χ0n) is 15.7. The van der Waals surface area contributed by atoms with E-state index in [4.69, 9.17) is 0 Å². The monoisotopic (exact) mass is 355 g/mol. The Labute approximate surface area is 153 Å². The van der Waals surface area contributed by atoms with Crippen LogP contribution < -0.4 is 10.9 Å². The van der Waals surface area contributed by atoms with Crippen LogP contribution in [0.4, 0.5) is 0 Å². The van der Waals surface area contributed by atoms with Gasteiger partial charge in [0.1, 0.15) is 11.4 Å². The van der Waals surface area contributed by atoms with E-state index in [1.54, 1.807) is 25.1 Å². The lowest BCUT2D eigenvalue weighted by molar-refractivity contribution is -0.124. The number of aromatic nitrogens is 2. The van der Waals surface area contributed by atoms with Crippen LogP contribution in [0.15, 0.2) is 29.1 Å². The van der Waals surface area contributed by atoms with Gasteiger partial charge in [0.15, 0.2) is 0 Å². The minimum absolute atomic E-state index is 0.00923. The first-order valence-electron chi connectivity index (χ1n) is 8.71. The van der Waals surface area contributed by atoms with Gasteiger partial charge >= 0.3 is 0 Å². The summed E-state index contributed by atoms with van der Waals surface area (Å²) in [5.41, 5.74) is -0.474. The van der Waals surface area contributed by atoms with Crippen molar-refractivity contribution in [2.45, 2.75) is 39.8 Å². The van der Waals surface area contributed by atoms with E-state index in [1.807, 2.05) is 31.7 Å². The summed E-state index contributed by atoms with van der Waals surface area (Å²) in [6.45, 7) is 8.50. The van der Waals surface area contributed by atoms with Crippen molar-refractivity contribution in [3.63, 3.8) is 0 Å². The van der Waals surface area contributed by atoms with Gasteiger partial charge in [-0.3, -0.25) is 14.5 Å². The van der Waals surface area contributed by atoms with Gasteiger partial charge in [0, 0.05) is 0 Å². The molecule has 0 aliphatic heterocycles. The molecule has 1 heterocycles. The number of H-pyrrole nitrogens is 1. The number of rotatable bonds is 7. The molecule has 0 saturated carbocycles. The van der Waals surface area contributed by atoms with Gasteiger partial charge in [0.05, 0.1) is 30.1 Å². The topological polar surface area (TPSA) is 102 Å². The highest BCUT2D eigenvalue weighted by Crippen LogP contribution is 2.15. The van der Waals surface area contributed by atoms with Crippen molar-refractivity contribution in [2.75, 3.05) is 13.1 Å². The number of nitriles is 1. The van der Waals surface area contributed by atoms with Gasteiger partial charge in [-0.25, -0.2) is 4.98 Å². The van der Waals surface area contributed by atoms with Crippen LogP contribution in [-0.2, 0) is 11.3 Å². The van der Waals surface area contributed by atoms with Crippen molar-refractivity contribution < 1.29 is 4.79 Å². The number of benzene rings is 1. The van der Waals surface area contributed by atoms with Crippen molar-refractivity contribution >= 4 is 16.8 Å². The number of nitrogens with one attached hydrogen (secondary N) is 2. The van der Waals surface area contributed by atoms with E-state index in [2.05, 4.69) is 21.4 Å². The lowest BCUT2D eigenvalue weighted by atomic mass is 9.90. The Kier molecular flexibility index (Phi) is 6.11. The zero-order chi connectivity index (χ0) is 19.3. The molecular formula is C19H25N5O2. The SMILES string of the molecule is CCN(CC(=O)N[C@@](C)(C#N)C(C)C)Cc1nc2ccccc2c(=O)[nH]1. The molecule has 7 nitrogen and oxygen atoms in total. The number of carbonyl (C=O) groups excluding carboxylic acids is 1. The fraction of sp³-hybridized carbons (Fsp3) is 0.474. The van der Waals surface area contributed by atoms with E-state index in [0.29, 0.717) is 29.8 Å². The maximum atomic E-state index is 12.4. The van der Waals surface area contributed by atoms with E-state index in [9.17, 15) is 14.9 Å². The Morgan fingerprint density at radius 2 is 2.12 bits per heavy atom. The minimum atomic E-state index is -0.911. The third kappa shape index (κ3) is 4.46. The molecule has 1 aromatic carbocycles. The molecule has 0 aliphatic carbocycles. The number of fused-ring (bicyclic) bond motifs is 1. The average Bonchev–Trinajstić information content (AvgIpc) is 2.60. The van der Waals surface area contributed by atoms with E-state index in [0.717, 1.165) is 0 Å². The first kappa shape index (κ1) is 19.6. The Morgan fingerprint density at radius 1 is 1.42 bits per heavy atom. The van der Waals surface area contributed by atoms with Crippen molar-refractivity contribution in [3.8, 4) is 6.07 Å². The number of para-hydroxylation sites is 1. The van der Waals surface area contributed by atoms with E-state index in [1.165, 1.54) is 0 Å². The second-order valence-electron chi connectivity index (χ2n) is 6.85. The first-order chi connectivity index (χ1) is 12.3. The van der Waals surface area contributed by atoms with Crippen molar-refractivity contribution in [2.24, 2.45) is 5.92 Å². The van der Waals surface area contributed by atoms with E-state index >= 15 is 0 Å². The Morgan fingerprint density at radius 3 is 2.73 bits per heavy atom. The number of nitrogens with zero attached hydrogens (tertiary/aromatic N) is 3. The molecule has 1 aromatic heterocycles. The third-order valence-corrected chi connectivity index (χ3v) is 4.64. The molecule has 7 heteroatoms. The molecule has 1 amide bonds. The molecule has 0 fully saturated rings. The van der Waals surface area contributed by atoms with Crippen molar-refractivity contribution in [1.82, 2.24) is 20.2 Å². The average molecular weight is 355 g/mol. The molecule has 138 valence electrons. The van der Waals surface area contributed by atoms with Crippen LogP contribution in [0.3, 0.4) is 0 Å². The standard InChI is InChI=1S/C19H25N5O2/c1-5-24(11-17(25)23-19(4,12-20)13(2)3)10-16-21-15-9-7-6-8-14(15)18(26)22-16/h6-9,13H,5,10-11H2,1-4H3,(H,23,25)(H,21,22,26)/t19-/m0/s1. The second kappa shape index (κ2) is 8.11. The fourth-order valence-electron chi connectivity index (χ4n) is 2.53. The number of amides is 1. The zero-order valence-corrected chi connectivity index (χ0v) is 15.7. The molecule has 0 bridgehead atoms. The normalized spacial score (nSPS) is 13.6. The molecular weight excluding hydrogens is 330 g/mol. The van der Waals surface area contributed by atoms with E-state index < -0.39 is 5.54 Å². The number of hydrogen-bond acceptors (Lipinski definition) is 5. The highest BCUT2D eigenvalue weighted by Gasteiger charge is 2.30. The van der Waals surface area contributed by atoms with Gasteiger partial charge in [0.2, 0.25) is 5.91 Å². The lowest BCUT2D eigenvalue weighted by Gasteiger charge is -2.29. The van der Waals surface area contributed by atoms with Gasteiger partial charge in [-0.15, -0.1) is 0 Å². The maximum absolute atomic E-state index is 12.4. The van der Waals surface area contributed by atoms with Gasteiger partial charge in [-0.2, -0.15) is 5.26 Å². The van der Waals surface area contributed by atoms with Crippen LogP contribution in [0.25, 0.3) is 10.9 Å². The molecule has 1 atom stereocenters. The summed E-state index contributed by atoms with van der Waals surface area (Å²) in [5.74, 6) is 0.271. The number of likely N-dealkylation sites (N-methyl/N-ethyl adjacent to an activating group) is 1. The Balaban J connectivity index is 2.11. The van der Waals surface area contributed by atoms with E-state index in [-0.39, 0.29) is 23.9 Å². The summed E-state index contributed by atoms with van der Waals surface area (Å²) in [6, 6.07) is 9.31. The van der Waals surface area contributed by atoms with Crippen LogP contribution >= 0.6 is 0 Å². The number of carbonyl (C=O) groups is 1. The Hall–Kier alpha value is -2.72. The highest BCUT2D eigenvalue weighted by atomic mass is 16.2. The van der Waals surface area contributed by atoms with Crippen molar-refractivity contribution in [1.29, 1.82) is 5.26 Å². The van der Waals surface area contributed by atoms with Crippen LogP contribution in [0.1, 0.15) is 33.5 Å². The minimum Gasteiger partial charge on any atom is -0.337 e. The summed E-state index contributed by atoms with van der Waals surface area (Å²) in [5, 5.41) is 12.7. The summed E-state index contributed by atoms with van der Waals surface area (Å²) in [4.78, 5) is 33.6. The van der Waals surface area contributed by atoms with Crippen LogP contribution in [-0.4, -0.2) is 39.4 Å². The maximum Gasteiger partial charge on any atom is 0.258 e. The van der Waals surface area contributed by atoms with Gasteiger partial charge < -0.3 is 10.3 Å². The quantitative estimate of drug-likeness (QED) is 0.788. The highest BCUT2D eigenvalue weighted by molar-refractivity contribution is 5.79. The number of aromatic amines is 1. The second-order valence-corrected chi connectivity index (χ2v) is 6.85. The lowest BCUT2D eigenvalue weighted by Crippen LogP contribution is -2.51. The molecule has 26 heavy (non-hydrogen) atoms. The largest absolute Gasteiger partial charge is 0.337 e.